The molecule has 120 valence electrons. The molecule has 2 heterocycles. The van der Waals surface area contributed by atoms with Gasteiger partial charge < -0.3 is 10.1 Å². The predicted molar refractivity (Wildman–Crippen MR) is 82.9 cm³/mol. The van der Waals surface area contributed by atoms with Crippen molar-refractivity contribution in [2.75, 3.05) is 0 Å². The number of thiazole rings is 1. The van der Waals surface area contributed by atoms with E-state index in [2.05, 4.69) is 9.97 Å². The molecule has 2 N–H and O–H groups in total. The number of thioether (sulfide) groups is 1. The molecule has 0 unspecified atom stereocenters. The van der Waals surface area contributed by atoms with Crippen LogP contribution in [0.2, 0.25) is 0 Å². The van der Waals surface area contributed by atoms with Gasteiger partial charge in [-0.3, -0.25) is 4.79 Å². The van der Waals surface area contributed by atoms with Crippen LogP contribution in [0.3, 0.4) is 0 Å². The molecule has 0 bridgehead atoms. The molecule has 1 aromatic carbocycles. The highest BCUT2D eigenvalue weighted by molar-refractivity contribution is 8.00. The Morgan fingerprint density at radius 2 is 2.04 bits per heavy atom. The van der Waals surface area contributed by atoms with Gasteiger partial charge in [0.2, 0.25) is 0 Å². The molecular formula is C14H9F3N2O2S2. The second kappa shape index (κ2) is 5.89. The molecule has 3 aromatic rings. The van der Waals surface area contributed by atoms with Gasteiger partial charge in [0, 0.05) is 11.8 Å². The summed E-state index contributed by atoms with van der Waals surface area (Å²) in [5.74, 6) is -0.107. The molecule has 9 heteroatoms. The second-order valence-corrected chi connectivity index (χ2v) is 6.84. The lowest BCUT2D eigenvalue weighted by Crippen LogP contribution is -2.08. The third kappa shape index (κ3) is 3.35. The fourth-order valence-corrected chi connectivity index (χ4v) is 4.04. The Morgan fingerprint density at radius 1 is 1.30 bits per heavy atom. The van der Waals surface area contributed by atoms with E-state index in [4.69, 9.17) is 0 Å². The minimum atomic E-state index is -4.41. The van der Waals surface area contributed by atoms with E-state index in [1.807, 2.05) is 0 Å². The lowest BCUT2D eigenvalue weighted by Gasteiger charge is -2.11. The maximum Gasteiger partial charge on any atom is 0.416 e. The first-order chi connectivity index (χ1) is 10.8. The van der Waals surface area contributed by atoms with Gasteiger partial charge in [0.25, 0.3) is 5.56 Å². The van der Waals surface area contributed by atoms with Crippen molar-refractivity contribution in [3.05, 3.63) is 51.8 Å². The summed E-state index contributed by atoms with van der Waals surface area (Å²) in [5.41, 5.74) is -0.780. The summed E-state index contributed by atoms with van der Waals surface area (Å²) in [7, 11) is 0. The summed E-state index contributed by atoms with van der Waals surface area (Å²) in [5, 5.41) is 9.69. The fourth-order valence-electron chi connectivity index (χ4n) is 2.03. The molecule has 0 atom stereocenters. The van der Waals surface area contributed by atoms with Crippen molar-refractivity contribution >= 4 is 33.4 Å². The Hall–Kier alpha value is -2.00. The third-order valence-electron chi connectivity index (χ3n) is 3.02. The topological polar surface area (TPSA) is 66.0 Å². The number of halogens is 3. The van der Waals surface area contributed by atoms with E-state index < -0.39 is 17.3 Å². The number of hydrogen-bond acceptors (Lipinski definition) is 5. The number of pyridine rings is 1. The SMILES string of the molecule is O=c1cc(O)c2sc(SCc3ccccc3C(F)(F)F)nc2[nH]1. The van der Waals surface area contributed by atoms with E-state index in [0.29, 0.717) is 9.04 Å². The Kier molecular flexibility index (Phi) is 4.07. The Bertz CT molecular complexity index is 918. The molecule has 4 nitrogen and oxygen atoms in total. The predicted octanol–water partition coefficient (Wildman–Crippen LogP) is 4.00. The van der Waals surface area contributed by atoms with Gasteiger partial charge in [-0.25, -0.2) is 4.98 Å². The van der Waals surface area contributed by atoms with Crippen molar-refractivity contribution in [1.29, 1.82) is 0 Å². The Balaban J connectivity index is 1.87. The van der Waals surface area contributed by atoms with Gasteiger partial charge in [-0.15, -0.1) is 11.3 Å². The van der Waals surface area contributed by atoms with Crippen LogP contribution < -0.4 is 5.56 Å². The van der Waals surface area contributed by atoms with Gasteiger partial charge in [-0.2, -0.15) is 13.2 Å². The molecule has 0 fully saturated rings. The number of rotatable bonds is 3. The highest BCUT2D eigenvalue weighted by Crippen LogP contribution is 2.37. The van der Waals surface area contributed by atoms with Crippen molar-refractivity contribution in [3.63, 3.8) is 0 Å². The molecule has 0 saturated carbocycles. The largest absolute Gasteiger partial charge is 0.506 e. The first-order valence-electron chi connectivity index (χ1n) is 6.35. The van der Waals surface area contributed by atoms with Crippen molar-refractivity contribution in [2.45, 2.75) is 16.3 Å². The van der Waals surface area contributed by atoms with Gasteiger partial charge >= 0.3 is 6.18 Å². The van der Waals surface area contributed by atoms with Crippen molar-refractivity contribution in [3.8, 4) is 5.75 Å². The second-order valence-electron chi connectivity index (χ2n) is 4.62. The number of alkyl halides is 3. The maximum atomic E-state index is 12.9. The van der Waals surface area contributed by atoms with E-state index >= 15 is 0 Å². The van der Waals surface area contributed by atoms with Gasteiger partial charge in [-0.05, 0) is 11.6 Å². The molecular weight excluding hydrogens is 349 g/mol. The van der Waals surface area contributed by atoms with Gasteiger partial charge in [-0.1, -0.05) is 30.0 Å². The lowest BCUT2D eigenvalue weighted by molar-refractivity contribution is -0.138. The van der Waals surface area contributed by atoms with E-state index in [-0.39, 0.29) is 22.7 Å². The molecule has 23 heavy (non-hydrogen) atoms. The Morgan fingerprint density at radius 3 is 2.78 bits per heavy atom. The Labute approximate surface area is 136 Å². The summed E-state index contributed by atoms with van der Waals surface area (Å²) >= 11 is 2.23. The van der Waals surface area contributed by atoms with E-state index in [9.17, 15) is 23.1 Å². The van der Waals surface area contributed by atoms with Crippen LogP contribution >= 0.6 is 23.1 Å². The molecule has 0 aliphatic rings. The smallest absolute Gasteiger partial charge is 0.416 e. The highest BCUT2D eigenvalue weighted by Gasteiger charge is 2.32. The molecule has 0 radical (unpaired) electrons. The number of H-pyrrole nitrogens is 1. The molecule has 2 aromatic heterocycles. The van der Waals surface area contributed by atoms with Crippen LogP contribution in [0.25, 0.3) is 10.3 Å². The van der Waals surface area contributed by atoms with E-state index in [1.165, 1.54) is 12.1 Å². The van der Waals surface area contributed by atoms with Crippen LogP contribution in [0.4, 0.5) is 13.2 Å². The van der Waals surface area contributed by atoms with Crippen LogP contribution in [0.5, 0.6) is 5.75 Å². The van der Waals surface area contributed by atoms with Crippen LogP contribution in [-0.4, -0.2) is 15.1 Å². The zero-order valence-corrected chi connectivity index (χ0v) is 13.0. The number of hydrogen-bond donors (Lipinski definition) is 2. The van der Waals surface area contributed by atoms with E-state index in [1.54, 1.807) is 6.07 Å². The highest BCUT2D eigenvalue weighted by atomic mass is 32.2. The van der Waals surface area contributed by atoms with Crippen molar-refractivity contribution in [2.24, 2.45) is 0 Å². The first-order valence-corrected chi connectivity index (χ1v) is 8.15. The summed E-state index contributed by atoms with van der Waals surface area (Å²) in [4.78, 5) is 17.9. The zero-order valence-electron chi connectivity index (χ0n) is 11.3. The monoisotopic (exact) mass is 358 g/mol. The minimum absolute atomic E-state index is 0.0838. The summed E-state index contributed by atoms with van der Waals surface area (Å²) < 4.78 is 39.7. The number of nitrogens with zero attached hydrogens (tertiary/aromatic N) is 1. The standard InChI is InChI=1S/C14H9F3N2O2S2/c15-14(16,17)8-4-2-1-3-7(8)6-22-13-19-12-11(23-13)9(20)5-10(21)18-12/h1-5H,6H2,(H2,18,20,21). The average Bonchev–Trinajstić information content (AvgIpc) is 2.87. The maximum absolute atomic E-state index is 12.9. The number of fused-ring (bicyclic) bond motifs is 1. The number of nitrogens with one attached hydrogen (secondary N) is 1. The molecule has 0 spiro atoms. The number of aromatic amines is 1. The van der Waals surface area contributed by atoms with Crippen LogP contribution in [0, 0.1) is 0 Å². The molecule has 0 aliphatic carbocycles. The van der Waals surface area contributed by atoms with Gasteiger partial charge in [0.1, 0.15) is 10.4 Å². The van der Waals surface area contributed by atoms with Gasteiger partial charge in [0.05, 0.1) is 5.56 Å². The minimum Gasteiger partial charge on any atom is -0.506 e. The van der Waals surface area contributed by atoms with Crippen LogP contribution in [0.1, 0.15) is 11.1 Å². The summed E-state index contributed by atoms with van der Waals surface area (Å²) in [6.07, 6.45) is -4.41. The van der Waals surface area contributed by atoms with Crippen LogP contribution in [-0.2, 0) is 11.9 Å². The normalized spacial score (nSPS) is 12.0. The van der Waals surface area contributed by atoms with Crippen molar-refractivity contribution in [1.82, 2.24) is 9.97 Å². The van der Waals surface area contributed by atoms with Gasteiger partial charge in [0.15, 0.2) is 9.99 Å². The zero-order chi connectivity index (χ0) is 16.6. The molecule has 0 amide bonds. The average molecular weight is 358 g/mol. The fraction of sp³-hybridized carbons (Fsp3) is 0.143. The molecule has 0 saturated heterocycles. The molecule has 3 rings (SSSR count). The van der Waals surface area contributed by atoms with Crippen LogP contribution in [0.15, 0.2) is 39.5 Å². The third-order valence-corrected chi connectivity index (χ3v) is 5.29. The molecule has 0 aliphatic heterocycles. The van der Waals surface area contributed by atoms with E-state index in [0.717, 1.165) is 35.2 Å². The quantitative estimate of drug-likeness (QED) is 0.695. The number of benzene rings is 1. The number of aromatic nitrogens is 2. The summed E-state index contributed by atoms with van der Waals surface area (Å²) in [6, 6.07) is 6.39. The van der Waals surface area contributed by atoms with Crippen molar-refractivity contribution < 1.29 is 18.3 Å². The lowest BCUT2D eigenvalue weighted by atomic mass is 10.1. The first kappa shape index (κ1) is 15.9. The summed E-state index contributed by atoms with van der Waals surface area (Å²) in [6.45, 7) is 0. The number of aromatic hydroxyl groups is 1.